The molecule has 2 N–H and O–H groups in total. The van der Waals surface area contributed by atoms with Gasteiger partial charge in [-0.2, -0.15) is 0 Å². The van der Waals surface area contributed by atoms with Crippen LogP contribution in [0.4, 0.5) is 0 Å². The van der Waals surface area contributed by atoms with Crippen molar-refractivity contribution in [1.29, 1.82) is 0 Å². The fourth-order valence-electron chi connectivity index (χ4n) is 2.21. The molecule has 0 saturated carbocycles. The average Bonchev–Trinajstić information content (AvgIpc) is 2.69. The van der Waals surface area contributed by atoms with E-state index in [0.717, 1.165) is 13.1 Å². The Morgan fingerprint density at radius 1 is 1.65 bits per heavy atom. The van der Waals surface area contributed by atoms with Crippen molar-refractivity contribution in [1.82, 2.24) is 15.5 Å². The van der Waals surface area contributed by atoms with Crippen molar-refractivity contribution in [3.05, 3.63) is 0 Å². The van der Waals surface area contributed by atoms with Crippen LogP contribution in [0.5, 0.6) is 0 Å². The maximum Gasteiger partial charge on any atom is 0.234 e. The summed E-state index contributed by atoms with van der Waals surface area (Å²) in [5.41, 5.74) is 0. The lowest BCUT2D eigenvalue weighted by molar-refractivity contribution is -0.122. The number of amides is 1. The standard InChI is InChI=1S/C12H25N3O2/c1-10(9-17-3)14-12(16)8-15(2)7-11-5-4-6-13-11/h10-11,13H,4-9H2,1-3H3,(H,14,16). The molecule has 5 heteroatoms. The fraction of sp³-hybridized carbons (Fsp3) is 0.917. The number of rotatable bonds is 7. The topological polar surface area (TPSA) is 53.6 Å². The summed E-state index contributed by atoms with van der Waals surface area (Å²) in [6.07, 6.45) is 2.46. The zero-order chi connectivity index (χ0) is 12.7. The van der Waals surface area contributed by atoms with Crippen molar-refractivity contribution in [2.75, 3.05) is 40.4 Å². The van der Waals surface area contributed by atoms with E-state index in [1.165, 1.54) is 12.8 Å². The Morgan fingerprint density at radius 2 is 2.41 bits per heavy atom. The second-order valence-corrected chi connectivity index (χ2v) is 4.91. The van der Waals surface area contributed by atoms with Crippen LogP contribution in [0, 0.1) is 0 Å². The van der Waals surface area contributed by atoms with Crippen LogP contribution in [-0.4, -0.2) is 63.3 Å². The van der Waals surface area contributed by atoms with Crippen molar-refractivity contribution >= 4 is 5.91 Å². The number of hydrogen-bond acceptors (Lipinski definition) is 4. The Hall–Kier alpha value is -0.650. The summed E-state index contributed by atoms with van der Waals surface area (Å²) in [6.45, 7) is 4.99. The van der Waals surface area contributed by atoms with E-state index >= 15 is 0 Å². The fourth-order valence-corrected chi connectivity index (χ4v) is 2.21. The SMILES string of the molecule is COCC(C)NC(=O)CN(C)CC1CCCN1. The van der Waals surface area contributed by atoms with Gasteiger partial charge in [0.1, 0.15) is 0 Å². The van der Waals surface area contributed by atoms with Gasteiger partial charge in [0.25, 0.3) is 0 Å². The van der Waals surface area contributed by atoms with E-state index in [2.05, 4.69) is 15.5 Å². The minimum Gasteiger partial charge on any atom is -0.383 e. The molecule has 0 aliphatic carbocycles. The maximum atomic E-state index is 11.7. The van der Waals surface area contributed by atoms with Gasteiger partial charge in [0, 0.05) is 25.7 Å². The third-order valence-corrected chi connectivity index (χ3v) is 2.93. The molecular formula is C12H25N3O2. The molecule has 0 bridgehead atoms. The van der Waals surface area contributed by atoms with Crippen LogP contribution in [0.1, 0.15) is 19.8 Å². The Morgan fingerprint density at radius 3 is 3.00 bits per heavy atom. The van der Waals surface area contributed by atoms with Crippen LogP contribution in [-0.2, 0) is 9.53 Å². The predicted octanol–water partition coefficient (Wildman–Crippen LogP) is -0.179. The van der Waals surface area contributed by atoms with E-state index in [1.807, 2.05) is 14.0 Å². The molecule has 2 atom stereocenters. The largest absolute Gasteiger partial charge is 0.383 e. The van der Waals surface area contributed by atoms with Crippen molar-refractivity contribution in [3.63, 3.8) is 0 Å². The number of ether oxygens (including phenoxy) is 1. The van der Waals surface area contributed by atoms with Crippen molar-refractivity contribution in [3.8, 4) is 0 Å². The van der Waals surface area contributed by atoms with Crippen LogP contribution in [0.2, 0.25) is 0 Å². The molecule has 1 saturated heterocycles. The molecule has 100 valence electrons. The van der Waals surface area contributed by atoms with Gasteiger partial charge in [-0.3, -0.25) is 9.69 Å². The van der Waals surface area contributed by atoms with Gasteiger partial charge in [0.2, 0.25) is 5.91 Å². The molecule has 1 amide bonds. The van der Waals surface area contributed by atoms with Gasteiger partial charge in [-0.25, -0.2) is 0 Å². The molecular weight excluding hydrogens is 218 g/mol. The lowest BCUT2D eigenvalue weighted by atomic mass is 10.2. The summed E-state index contributed by atoms with van der Waals surface area (Å²) < 4.78 is 4.98. The van der Waals surface area contributed by atoms with Gasteiger partial charge >= 0.3 is 0 Å². The molecule has 2 unspecified atom stereocenters. The lowest BCUT2D eigenvalue weighted by Gasteiger charge is -2.21. The Bertz CT molecular complexity index is 230. The van der Waals surface area contributed by atoms with Crippen molar-refractivity contribution in [2.24, 2.45) is 0 Å². The lowest BCUT2D eigenvalue weighted by Crippen LogP contribution is -2.44. The minimum atomic E-state index is 0.0649. The summed E-state index contributed by atoms with van der Waals surface area (Å²) in [5.74, 6) is 0.0649. The van der Waals surface area contributed by atoms with Crippen LogP contribution in [0.3, 0.4) is 0 Å². The number of likely N-dealkylation sites (N-methyl/N-ethyl adjacent to an activating group) is 1. The van der Waals surface area contributed by atoms with E-state index in [-0.39, 0.29) is 11.9 Å². The second-order valence-electron chi connectivity index (χ2n) is 4.91. The van der Waals surface area contributed by atoms with E-state index in [4.69, 9.17) is 4.74 Å². The van der Waals surface area contributed by atoms with Crippen LogP contribution >= 0.6 is 0 Å². The van der Waals surface area contributed by atoms with Gasteiger partial charge in [0.05, 0.1) is 13.2 Å². The first-order chi connectivity index (χ1) is 8.11. The molecule has 1 aliphatic heterocycles. The normalized spacial score (nSPS) is 21.8. The molecule has 1 rings (SSSR count). The Kier molecular flexibility index (Phi) is 6.47. The molecule has 5 nitrogen and oxygen atoms in total. The summed E-state index contributed by atoms with van der Waals surface area (Å²) in [6, 6.07) is 0.620. The molecule has 0 aromatic carbocycles. The third kappa shape index (κ3) is 6.00. The third-order valence-electron chi connectivity index (χ3n) is 2.93. The molecule has 1 aliphatic rings. The highest BCUT2D eigenvalue weighted by atomic mass is 16.5. The van der Waals surface area contributed by atoms with E-state index in [9.17, 15) is 4.79 Å². The van der Waals surface area contributed by atoms with Gasteiger partial charge in [-0.05, 0) is 33.4 Å². The zero-order valence-electron chi connectivity index (χ0n) is 11.2. The monoisotopic (exact) mass is 243 g/mol. The van der Waals surface area contributed by atoms with Crippen LogP contribution in [0.25, 0.3) is 0 Å². The molecule has 17 heavy (non-hydrogen) atoms. The second kappa shape index (κ2) is 7.63. The summed E-state index contributed by atoms with van der Waals surface area (Å²) in [5, 5.41) is 6.34. The number of nitrogens with zero attached hydrogens (tertiary/aromatic N) is 1. The van der Waals surface area contributed by atoms with Gasteiger partial charge in [0.15, 0.2) is 0 Å². The van der Waals surface area contributed by atoms with Crippen LogP contribution < -0.4 is 10.6 Å². The number of carbonyl (C=O) groups is 1. The van der Waals surface area contributed by atoms with E-state index in [0.29, 0.717) is 19.2 Å². The minimum absolute atomic E-state index is 0.0649. The number of nitrogens with one attached hydrogen (secondary N) is 2. The molecule has 1 heterocycles. The average molecular weight is 243 g/mol. The molecule has 1 fully saturated rings. The number of methoxy groups -OCH3 is 1. The molecule has 0 aromatic heterocycles. The smallest absolute Gasteiger partial charge is 0.234 e. The van der Waals surface area contributed by atoms with E-state index in [1.54, 1.807) is 7.11 Å². The maximum absolute atomic E-state index is 11.7. The molecule has 0 radical (unpaired) electrons. The first kappa shape index (κ1) is 14.4. The molecule has 0 aromatic rings. The van der Waals surface area contributed by atoms with Gasteiger partial charge in [-0.1, -0.05) is 0 Å². The first-order valence-electron chi connectivity index (χ1n) is 6.32. The summed E-state index contributed by atoms with van der Waals surface area (Å²) in [7, 11) is 3.63. The Labute approximate surface area is 104 Å². The zero-order valence-corrected chi connectivity index (χ0v) is 11.2. The van der Waals surface area contributed by atoms with Gasteiger partial charge in [-0.15, -0.1) is 0 Å². The summed E-state index contributed by atoms with van der Waals surface area (Å²) in [4.78, 5) is 13.8. The van der Waals surface area contributed by atoms with E-state index < -0.39 is 0 Å². The first-order valence-corrected chi connectivity index (χ1v) is 6.32. The quantitative estimate of drug-likeness (QED) is 0.651. The van der Waals surface area contributed by atoms with Crippen LogP contribution in [0.15, 0.2) is 0 Å². The number of carbonyl (C=O) groups excluding carboxylic acids is 1. The van der Waals surface area contributed by atoms with Crippen molar-refractivity contribution in [2.45, 2.75) is 31.8 Å². The van der Waals surface area contributed by atoms with Gasteiger partial charge < -0.3 is 15.4 Å². The highest BCUT2D eigenvalue weighted by Gasteiger charge is 2.17. The number of hydrogen-bond donors (Lipinski definition) is 2. The Balaban J connectivity index is 2.15. The predicted molar refractivity (Wildman–Crippen MR) is 68.0 cm³/mol. The highest BCUT2D eigenvalue weighted by molar-refractivity contribution is 5.78. The molecule has 0 spiro atoms. The highest BCUT2D eigenvalue weighted by Crippen LogP contribution is 2.05. The van der Waals surface area contributed by atoms with Crippen molar-refractivity contribution < 1.29 is 9.53 Å². The summed E-state index contributed by atoms with van der Waals surface area (Å²) >= 11 is 0.